The van der Waals surface area contributed by atoms with Gasteiger partial charge in [-0.1, -0.05) is 20.8 Å². The molecule has 0 amide bonds. The van der Waals surface area contributed by atoms with Gasteiger partial charge in [0, 0.05) is 24.2 Å². The van der Waals surface area contributed by atoms with E-state index in [0.717, 1.165) is 24.9 Å². The molecule has 0 spiro atoms. The molecular weight excluding hydrogens is 210 g/mol. The summed E-state index contributed by atoms with van der Waals surface area (Å²) in [6.45, 7) is 7.52. The second-order valence-electron chi connectivity index (χ2n) is 6.03. The first-order valence-corrected chi connectivity index (χ1v) is 6.36. The topological polar surface area (TPSA) is 29.1 Å². The van der Waals surface area contributed by atoms with Crippen LogP contribution in [0, 0.1) is 5.41 Å². The summed E-state index contributed by atoms with van der Waals surface area (Å²) in [5, 5.41) is 3.31. The van der Waals surface area contributed by atoms with Gasteiger partial charge in [-0.15, -0.1) is 0 Å². The minimum atomic E-state index is 0.230. The number of hydrogen-bond donors (Lipinski definition) is 1. The predicted molar refractivity (Wildman–Crippen MR) is 71.7 cm³/mol. The zero-order chi connectivity index (χ0) is 12.5. The smallest absolute Gasteiger partial charge is 0.162 e. The molecular formula is C15H21NO. The molecule has 2 nitrogen and oxygen atoms in total. The van der Waals surface area contributed by atoms with Crippen LogP contribution in [0.5, 0.6) is 0 Å². The van der Waals surface area contributed by atoms with Crippen molar-refractivity contribution in [3.05, 3.63) is 29.3 Å². The number of carbonyl (C=O) groups excluding carboxylic acids is 1. The molecule has 0 fully saturated rings. The molecule has 0 radical (unpaired) electrons. The van der Waals surface area contributed by atoms with Gasteiger partial charge in [0.05, 0.1) is 0 Å². The lowest BCUT2D eigenvalue weighted by Crippen LogP contribution is -2.09. The molecule has 1 aromatic rings. The van der Waals surface area contributed by atoms with Gasteiger partial charge in [0.1, 0.15) is 0 Å². The van der Waals surface area contributed by atoms with Gasteiger partial charge in [0.25, 0.3) is 0 Å². The van der Waals surface area contributed by atoms with Gasteiger partial charge in [0.15, 0.2) is 5.78 Å². The van der Waals surface area contributed by atoms with Gasteiger partial charge in [-0.2, -0.15) is 0 Å². The van der Waals surface area contributed by atoms with E-state index in [0.29, 0.717) is 6.42 Å². The number of Topliss-reactive ketones (excluding diaryl/α,β-unsaturated/α-hetero) is 1. The fraction of sp³-hybridized carbons (Fsp3) is 0.533. The number of rotatable bonds is 3. The van der Waals surface area contributed by atoms with Crippen LogP contribution in [0.1, 0.15) is 49.5 Å². The van der Waals surface area contributed by atoms with Crippen molar-refractivity contribution in [3.8, 4) is 0 Å². The molecule has 0 saturated heterocycles. The first-order chi connectivity index (χ1) is 7.96. The molecule has 1 heterocycles. The lowest BCUT2D eigenvalue weighted by atomic mass is 9.88. The fourth-order valence-electron chi connectivity index (χ4n) is 2.11. The van der Waals surface area contributed by atoms with Crippen LogP contribution < -0.4 is 5.32 Å². The Kier molecular flexibility index (Phi) is 3.23. The molecule has 0 unspecified atom stereocenters. The predicted octanol–water partition coefficient (Wildman–Crippen LogP) is 3.66. The number of carbonyl (C=O) groups is 1. The number of ketones is 1. The zero-order valence-corrected chi connectivity index (χ0v) is 11.0. The van der Waals surface area contributed by atoms with Crippen LogP contribution in [-0.4, -0.2) is 12.3 Å². The Morgan fingerprint density at radius 3 is 2.82 bits per heavy atom. The Bertz CT molecular complexity index is 429. The number of anilines is 1. The minimum absolute atomic E-state index is 0.230. The van der Waals surface area contributed by atoms with Crippen molar-refractivity contribution in [2.24, 2.45) is 5.41 Å². The van der Waals surface area contributed by atoms with Gasteiger partial charge < -0.3 is 5.32 Å². The first-order valence-electron chi connectivity index (χ1n) is 6.36. The molecule has 1 aromatic carbocycles. The maximum absolute atomic E-state index is 12.1. The molecule has 17 heavy (non-hydrogen) atoms. The van der Waals surface area contributed by atoms with E-state index in [1.165, 1.54) is 11.3 Å². The molecule has 1 aliphatic rings. The quantitative estimate of drug-likeness (QED) is 0.804. The molecule has 1 N–H and O–H groups in total. The summed E-state index contributed by atoms with van der Waals surface area (Å²) in [5.41, 5.74) is 3.58. The summed E-state index contributed by atoms with van der Waals surface area (Å²) >= 11 is 0. The molecule has 0 aliphatic carbocycles. The van der Waals surface area contributed by atoms with Crippen molar-refractivity contribution in [1.82, 2.24) is 0 Å². The van der Waals surface area contributed by atoms with Crippen LogP contribution in [0.15, 0.2) is 18.2 Å². The first kappa shape index (κ1) is 12.2. The second kappa shape index (κ2) is 4.52. The number of fused-ring (bicyclic) bond motifs is 1. The lowest BCUT2D eigenvalue weighted by molar-refractivity contribution is 0.0966. The SMILES string of the molecule is CC(C)(C)CCC(=O)c1ccc2c(c1)CCN2. The van der Waals surface area contributed by atoms with Gasteiger partial charge >= 0.3 is 0 Å². The standard InChI is InChI=1S/C15H21NO/c1-15(2,3)8-6-14(17)12-4-5-13-11(10-12)7-9-16-13/h4-5,10,16H,6-9H2,1-3H3. The van der Waals surface area contributed by atoms with Crippen molar-refractivity contribution in [2.75, 3.05) is 11.9 Å². The fourth-order valence-corrected chi connectivity index (χ4v) is 2.11. The van der Waals surface area contributed by atoms with Crippen molar-refractivity contribution < 1.29 is 4.79 Å². The van der Waals surface area contributed by atoms with Gasteiger partial charge in [-0.25, -0.2) is 0 Å². The van der Waals surface area contributed by atoms with Crippen LogP contribution in [0.3, 0.4) is 0 Å². The molecule has 0 bridgehead atoms. The van der Waals surface area contributed by atoms with E-state index in [2.05, 4.69) is 32.2 Å². The highest BCUT2D eigenvalue weighted by atomic mass is 16.1. The maximum atomic E-state index is 12.1. The Morgan fingerprint density at radius 1 is 1.35 bits per heavy atom. The average Bonchev–Trinajstić information content (AvgIpc) is 2.71. The molecule has 0 saturated carbocycles. The van der Waals surface area contributed by atoms with Crippen molar-refractivity contribution in [2.45, 2.75) is 40.0 Å². The van der Waals surface area contributed by atoms with Crippen LogP contribution >= 0.6 is 0 Å². The maximum Gasteiger partial charge on any atom is 0.162 e. The van der Waals surface area contributed by atoms with Crippen LogP contribution in [-0.2, 0) is 6.42 Å². The van der Waals surface area contributed by atoms with Crippen molar-refractivity contribution >= 4 is 11.5 Å². The molecule has 1 aliphatic heterocycles. The van der Waals surface area contributed by atoms with Crippen molar-refractivity contribution in [3.63, 3.8) is 0 Å². The van der Waals surface area contributed by atoms with E-state index in [-0.39, 0.29) is 11.2 Å². The number of nitrogens with one attached hydrogen (secondary N) is 1. The summed E-state index contributed by atoms with van der Waals surface area (Å²) in [7, 11) is 0. The third-order valence-electron chi connectivity index (χ3n) is 3.24. The Labute approximate surface area is 103 Å². The lowest BCUT2D eigenvalue weighted by Gasteiger charge is -2.17. The van der Waals surface area contributed by atoms with E-state index in [1.807, 2.05) is 12.1 Å². The van der Waals surface area contributed by atoms with Gasteiger partial charge in [0.2, 0.25) is 0 Å². The van der Waals surface area contributed by atoms with E-state index in [1.54, 1.807) is 0 Å². The van der Waals surface area contributed by atoms with Crippen LogP contribution in [0.4, 0.5) is 5.69 Å². The number of hydrogen-bond acceptors (Lipinski definition) is 2. The van der Waals surface area contributed by atoms with Crippen molar-refractivity contribution in [1.29, 1.82) is 0 Å². The normalized spacial score (nSPS) is 14.3. The highest BCUT2D eigenvalue weighted by Gasteiger charge is 2.16. The average molecular weight is 231 g/mol. The molecule has 0 aromatic heterocycles. The van der Waals surface area contributed by atoms with E-state index >= 15 is 0 Å². The highest BCUT2D eigenvalue weighted by Crippen LogP contribution is 2.25. The van der Waals surface area contributed by atoms with E-state index in [9.17, 15) is 4.79 Å². The molecule has 0 atom stereocenters. The molecule has 2 heteroatoms. The third kappa shape index (κ3) is 3.09. The minimum Gasteiger partial charge on any atom is -0.384 e. The Morgan fingerprint density at radius 2 is 2.12 bits per heavy atom. The van der Waals surface area contributed by atoms with E-state index < -0.39 is 0 Å². The summed E-state index contributed by atoms with van der Waals surface area (Å²) in [6.07, 6.45) is 2.63. The number of benzene rings is 1. The Balaban J connectivity index is 2.05. The largest absolute Gasteiger partial charge is 0.384 e. The van der Waals surface area contributed by atoms with Crippen LogP contribution in [0.2, 0.25) is 0 Å². The second-order valence-corrected chi connectivity index (χ2v) is 6.03. The summed E-state index contributed by atoms with van der Waals surface area (Å²) in [5.74, 6) is 0.273. The summed E-state index contributed by atoms with van der Waals surface area (Å²) in [4.78, 5) is 12.1. The third-order valence-corrected chi connectivity index (χ3v) is 3.24. The van der Waals surface area contributed by atoms with Crippen LogP contribution in [0.25, 0.3) is 0 Å². The monoisotopic (exact) mass is 231 g/mol. The van der Waals surface area contributed by atoms with Gasteiger partial charge in [-0.3, -0.25) is 4.79 Å². The molecule has 2 rings (SSSR count). The summed E-state index contributed by atoms with van der Waals surface area (Å²) < 4.78 is 0. The van der Waals surface area contributed by atoms with Gasteiger partial charge in [-0.05, 0) is 42.0 Å². The molecule has 92 valence electrons. The zero-order valence-electron chi connectivity index (χ0n) is 11.0. The van der Waals surface area contributed by atoms with E-state index in [4.69, 9.17) is 0 Å². The highest BCUT2D eigenvalue weighted by molar-refractivity contribution is 5.96. The summed E-state index contributed by atoms with van der Waals surface area (Å²) in [6, 6.07) is 6.04. The Hall–Kier alpha value is -1.31.